The molecule has 0 atom stereocenters. The predicted octanol–water partition coefficient (Wildman–Crippen LogP) is 4.34. The number of thiophene rings is 1. The molecule has 33 heavy (non-hydrogen) atoms. The highest BCUT2D eigenvalue weighted by molar-refractivity contribution is 7.08. The SMILES string of the molecule is O=C(c1ccccc1COc1ccccc1)N1CCN(Cc2nc(-c3ccsc3)no2)CC1. The topological polar surface area (TPSA) is 71.7 Å². The monoisotopic (exact) mass is 460 g/mol. The fourth-order valence-electron chi connectivity index (χ4n) is 3.83. The summed E-state index contributed by atoms with van der Waals surface area (Å²) in [6.45, 7) is 3.75. The largest absolute Gasteiger partial charge is 0.489 e. The molecule has 3 heterocycles. The Kier molecular flexibility index (Phi) is 6.46. The zero-order valence-electron chi connectivity index (χ0n) is 18.1. The van der Waals surface area contributed by atoms with E-state index in [0.29, 0.717) is 43.5 Å². The lowest BCUT2D eigenvalue weighted by atomic mass is 10.1. The molecule has 2 aromatic heterocycles. The number of carbonyl (C=O) groups excluding carboxylic acids is 1. The summed E-state index contributed by atoms with van der Waals surface area (Å²) in [6, 6.07) is 19.3. The Bertz CT molecular complexity index is 1190. The fraction of sp³-hybridized carbons (Fsp3) is 0.240. The van der Waals surface area contributed by atoms with Crippen molar-refractivity contribution in [1.29, 1.82) is 0 Å². The smallest absolute Gasteiger partial charge is 0.254 e. The lowest BCUT2D eigenvalue weighted by Gasteiger charge is -2.34. The molecule has 0 spiro atoms. The van der Waals surface area contributed by atoms with Gasteiger partial charge in [-0.2, -0.15) is 16.3 Å². The summed E-state index contributed by atoms with van der Waals surface area (Å²) in [5, 5.41) is 8.07. The molecule has 1 aliphatic rings. The molecule has 8 heteroatoms. The van der Waals surface area contributed by atoms with E-state index in [4.69, 9.17) is 9.26 Å². The van der Waals surface area contributed by atoms with Crippen LogP contribution in [0.3, 0.4) is 0 Å². The summed E-state index contributed by atoms with van der Waals surface area (Å²) in [5.41, 5.74) is 2.56. The van der Waals surface area contributed by atoms with Crippen molar-refractivity contribution in [1.82, 2.24) is 19.9 Å². The molecule has 0 saturated carbocycles. The second-order valence-electron chi connectivity index (χ2n) is 7.85. The third kappa shape index (κ3) is 5.13. The number of para-hydroxylation sites is 1. The van der Waals surface area contributed by atoms with Gasteiger partial charge in [-0.25, -0.2) is 0 Å². The van der Waals surface area contributed by atoms with Crippen molar-refractivity contribution in [2.24, 2.45) is 0 Å². The first-order valence-corrected chi connectivity index (χ1v) is 11.8. The van der Waals surface area contributed by atoms with Crippen LogP contribution in [-0.2, 0) is 13.2 Å². The van der Waals surface area contributed by atoms with Crippen molar-refractivity contribution in [3.05, 3.63) is 88.4 Å². The number of benzene rings is 2. The Balaban J connectivity index is 1.17. The first-order chi connectivity index (χ1) is 16.3. The summed E-state index contributed by atoms with van der Waals surface area (Å²) >= 11 is 1.61. The number of rotatable bonds is 7. The van der Waals surface area contributed by atoms with E-state index in [9.17, 15) is 4.79 Å². The Labute approximate surface area is 196 Å². The number of hydrogen-bond donors (Lipinski definition) is 0. The van der Waals surface area contributed by atoms with Gasteiger partial charge in [-0.1, -0.05) is 41.6 Å². The molecule has 4 aromatic rings. The van der Waals surface area contributed by atoms with E-state index < -0.39 is 0 Å². The molecule has 1 fully saturated rings. The van der Waals surface area contributed by atoms with Crippen LogP contribution in [0.4, 0.5) is 0 Å². The van der Waals surface area contributed by atoms with E-state index >= 15 is 0 Å². The summed E-state index contributed by atoms with van der Waals surface area (Å²) in [5.74, 6) is 2.05. The number of piperazine rings is 1. The van der Waals surface area contributed by atoms with Crippen molar-refractivity contribution in [3.63, 3.8) is 0 Å². The van der Waals surface area contributed by atoms with Gasteiger partial charge in [-0.05, 0) is 29.6 Å². The standard InChI is InChI=1S/C25H24N4O3S/c30-25(22-9-5-4-6-19(22)17-31-21-7-2-1-3-8-21)29-13-11-28(12-14-29)16-23-26-24(27-32-23)20-10-15-33-18-20/h1-10,15,18H,11-14,16-17H2. The molecule has 1 amide bonds. The Hall–Kier alpha value is -3.49. The minimum absolute atomic E-state index is 0.0412. The van der Waals surface area contributed by atoms with Crippen LogP contribution in [0.15, 0.2) is 75.9 Å². The van der Waals surface area contributed by atoms with Gasteiger partial charge in [0.25, 0.3) is 5.91 Å². The van der Waals surface area contributed by atoms with E-state index in [1.165, 1.54) is 0 Å². The molecule has 1 saturated heterocycles. The number of hydrogen-bond acceptors (Lipinski definition) is 7. The highest BCUT2D eigenvalue weighted by atomic mass is 32.1. The third-order valence-corrected chi connectivity index (χ3v) is 6.33. The van der Waals surface area contributed by atoms with Gasteiger partial charge in [0.05, 0.1) is 6.54 Å². The summed E-state index contributed by atoms with van der Waals surface area (Å²) in [4.78, 5) is 21.9. The highest BCUT2D eigenvalue weighted by Crippen LogP contribution is 2.20. The van der Waals surface area contributed by atoms with Gasteiger partial charge in [-0.3, -0.25) is 9.69 Å². The van der Waals surface area contributed by atoms with Gasteiger partial charge >= 0.3 is 0 Å². The molecule has 2 aromatic carbocycles. The van der Waals surface area contributed by atoms with Crippen molar-refractivity contribution in [2.75, 3.05) is 26.2 Å². The Morgan fingerprint density at radius 3 is 2.58 bits per heavy atom. The number of ether oxygens (including phenoxy) is 1. The average molecular weight is 461 g/mol. The number of aromatic nitrogens is 2. The molecule has 0 bridgehead atoms. The average Bonchev–Trinajstić information content (AvgIpc) is 3.56. The minimum Gasteiger partial charge on any atom is -0.489 e. The molecule has 0 unspecified atom stereocenters. The van der Waals surface area contributed by atoms with Gasteiger partial charge in [0, 0.05) is 48.2 Å². The minimum atomic E-state index is 0.0412. The van der Waals surface area contributed by atoms with Crippen LogP contribution < -0.4 is 4.74 Å². The van der Waals surface area contributed by atoms with Crippen molar-refractivity contribution < 1.29 is 14.1 Å². The van der Waals surface area contributed by atoms with Crippen LogP contribution in [-0.4, -0.2) is 52.0 Å². The molecule has 0 N–H and O–H groups in total. The van der Waals surface area contributed by atoms with E-state index in [0.717, 1.165) is 30.0 Å². The van der Waals surface area contributed by atoms with Crippen LogP contribution in [0.5, 0.6) is 5.75 Å². The Morgan fingerprint density at radius 1 is 1.00 bits per heavy atom. The second-order valence-corrected chi connectivity index (χ2v) is 8.63. The molecule has 0 aliphatic carbocycles. The van der Waals surface area contributed by atoms with Crippen LogP contribution in [0.1, 0.15) is 21.8 Å². The van der Waals surface area contributed by atoms with E-state index in [2.05, 4.69) is 15.0 Å². The first kappa shape index (κ1) is 21.4. The third-order valence-electron chi connectivity index (χ3n) is 5.65. The van der Waals surface area contributed by atoms with Gasteiger partial charge in [0.2, 0.25) is 11.7 Å². The summed E-state index contributed by atoms with van der Waals surface area (Å²) in [6.07, 6.45) is 0. The number of nitrogens with zero attached hydrogens (tertiary/aromatic N) is 4. The lowest BCUT2D eigenvalue weighted by molar-refractivity contribution is 0.0612. The maximum absolute atomic E-state index is 13.2. The van der Waals surface area contributed by atoms with Crippen LogP contribution >= 0.6 is 11.3 Å². The maximum atomic E-state index is 13.2. The van der Waals surface area contributed by atoms with E-state index in [-0.39, 0.29) is 5.91 Å². The summed E-state index contributed by atoms with van der Waals surface area (Å²) < 4.78 is 11.3. The normalized spacial score (nSPS) is 14.4. The van der Waals surface area contributed by atoms with Gasteiger partial charge in [0.15, 0.2) is 0 Å². The zero-order chi connectivity index (χ0) is 22.5. The molecule has 5 rings (SSSR count). The molecular weight excluding hydrogens is 436 g/mol. The first-order valence-electron chi connectivity index (χ1n) is 10.9. The lowest BCUT2D eigenvalue weighted by Crippen LogP contribution is -2.48. The maximum Gasteiger partial charge on any atom is 0.254 e. The molecule has 7 nitrogen and oxygen atoms in total. The van der Waals surface area contributed by atoms with E-state index in [1.807, 2.05) is 76.3 Å². The van der Waals surface area contributed by atoms with Gasteiger partial charge < -0.3 is 14.2 Å². The van der Waals surface area contributed by atoms with Crippen molar-refractivity contribution >= 4 is 17.2 Å². The summed E-state index contributed by atoms with van der Waals surface area (Å²) in [7, 11) is 0. The van der Waals surface area contributed by atoms with E-state index in [1.54, 1.807) is 11.3 Å². The highest BCUT2D eigenvalue weighted by Gasteiger charge is 2.25. The predicted molar refractivity (Wildman–Crippen MR) is 126 cm³/mol. The zero-order valence-corrected chi connectivity index (χ0v) is 18.9. The van der Waals surface area contributed by atoms with Gasteiger partial charge in [-0.15, -0.1) is 0 Å². The quantitative estimate of drug-likeness (QED) is 0.409. The van der Waals surface area contributed by atoms with Crippen LogP contribution in [0.25, 0.3) is 11.4 Å². The van der Waals surface area contributed by atoms with Crippen molar-refractivity contribution in [3.8, 4) is 17.1 Å². The van der Waals surface area contributed by atoms with Crippen LogP contribution in [0.2, 0.25) is 0 Å². The van der Waals surface area contributed by atoms with Gasteiger partial charge in [0.1, 0.15) is 12.4 Å². The number of carbonyl (C=O) groups is 1. The Morgan fingerprint density at radius 2 is 1.79 bits per heavy atom. The van der Waals surface area contributed by atoms with Crippen LogP contribution in [0, 0.1) is 0 Å². The molecule has 168 valence electrons. The molecule has 1 aliphatic heterocycles. The second kappa shape index (κ2) is 9.97. The fourth-order valence-corrected chi connectivity index (χ4v) is 4.47. The molecule has 0 radical (unpaired) electrons. The molecular formula is C25H24N4O3S. The van der Waals surface area contributed by atoms with Crippen molar-refractivity contribution in [2.45, 2.75) is 13.2 Å². The number of amides is 1.